The van der Waals surface area contributed by atoms with Crippen molar-refractivity contribution in [3.63, 3.8) is 0 Å². The highest BCUT2D eigenvalue weighted by Crippen LogP contribution is 2.41. The van der Waals surface area contributed by atoms with E-state index in [-0.39, 0.29) is 12.1 Å². The lowest BCUT2D eigenvalue weighted by atomic mass is 9.96. The molecule has 0 radical (unpaired) electrons. The fourth-order valence-corrected chi connectivity index (χ4v) is 5.08. The Hall–Kier alpha value is -2.66. The Morgan fingerprint density at radius 3 is 2.58 bits per heavy atom. The van der Waals surface area contributed by atoms with Crippen LogP contribution in [0.4, 0.5) is 0 Å². The third kappa shape index (κ3) is 3.87. The van der Waals surface area contributed by atoms with Gasteiger partial charge in [-0.2, -0.15) is 0 Å². The highest BCUT2D eigenvalue weighted by atomic mass is 32.1. The molecule has 0 unspecified atom stereocenters. The number of unbranched alkanes of at least 4 members (excludes halogenated alkanes) is 1. The maximum Gasteiger partial charge on any atom is 0.170 e. The molecule has 0 bridgehead atoms. The van der Waals surface area contributed by atoms with E-state index in [4.69, 9.17) is 12.2 Å². The van der Waals surface area contributed by atoms with Crippen molar-refractivity contribution in [1.82, 2.24) is 19.8 Å². The van der Waals surface area contributed by atoms with E-state index in [9.17, 15) is 0 Å². The Kier molecular flexibility index (Phi) is 6.15. The minimum atomic E-state index is 0.0399. The summed E-state index contributed by atoms with van der Waals surface area (Å²) in [5.74, 6) is 0. The zero-order valence-electron chi connectivity index (χ0n) is 19.1. The summed E-state index contributed by atoms with van der Waals surface area (Å²) in [6.45, 7) is 12.0. The quantitative estimate of drug-likeness (QED) is 0.493. The van der Waals surface area contributed by atoms with Crippen molar-refractivity contribution in [2.75, 3.05) is 6.54 Å². The Bertz CT molecular complexity index is 1090. The Balaban J connectivity index is 1.84. The first-order valence-corrected chi connectivity index (χ1v) is 11.6. The van der Waals surface area contributed by atoms with E-state index >= 15 is 0 Å². The summed E-state index contributed by atoms with van der Waals surface area (Å²) in [6.07, 6.45) is 4.12. The molecule has 4 rings (SSSR count). The first-order chi connectivity index (χ1) is 14.9. The zero-order chi connectivity index (χ0) is 22.1. The van der Waals surface area contributed by atoms with Crippen molar-refractivity contribution in [3.05, 3.63) is 82.4 Å². The molecule has 3 aromatic rings. The van der Waals surface area contributed by atoms with Gasteiger partial charge in [-0.05, 0) is 87.3 Å². The average molecular weight is 433 g/mol. The van der Waals surface area contributed by atoms with Crippen molar-refractivity contribution in [2.45, 2.75) is 59.5 Å². The summed E-state index contributed by atoms with van der Waals surface area (Å²) in [5, 5.41) is 4.40. The van der Waals surface area contributed by atoms with Gasteiger partial charge in [0.15, 0.2) is 5.11 Å². The molecule has 31 heavy (non-hydrogen) atoms. The summed E-state index contributed by atoms with van der Waals surface area (Å²) in [6, 6.07) is 15.2. The summed E-state index contributed by atoms with van der Waals surface area (Å²) in [5.41, 5.74) is 8.75. The number of hydrogen-bond acceptors (Lipinski definition) is 2. The number of benzene rings is 1. The van der Waals surface area contributed by atoms with Gasteiger partial charge in [-0.25, -0.2) is 0 Å². The lowest BCUT2D eigenvalue weighted by molar-refractivity contribution is 0.312. The molecule has 3 heterocycles. The fourth-order valence-electron chi connectivity index (χ4n) is 4.75. The van der Waals surface area contributed by atoms with Crippen LogP contribution in [0.5, 0.6) is 0 Å². The molecule has 2 aromatic heterocycles. The molecule has 1 N–H and O–H groups in total. The average Bonchev–Trinajstić information content (AvgIpc) is 3.24. The number of nitrogens with zero attached hydrogens (tertiary/aromatic N) is 3. The minimum absolute atomic E-state index is 0.0399. The van der Waals surface area contributed by atoms with Crippen LogP contribution in [0.3, 0.4) is 0 Å². The van der Waals surface area contributed by atoms with E-state index < -0.39 is 0 Å². The van der Waals surface area contributed by atoms with Crippen LogP contribution in [0.1, 0.15) is 65.6 Å². The van der Waals surface area contributed by atoms with Crippen LogP contribution in [0.2, 0.25) is 0 Å². The molecule has 1 aliphatic rings. The van der Waals surface area contributed by atoms with Gasteiger partial charge in [0.05, 0.1) is 17.8 Å². The molecule has 1 saturated heterocycles. The molecule has 5 heteroatoms. The van der Waals surface area contributed by atoms with E-state index in [1.807, 2.05) is 12.3 Å². The Morgan fingerprint density at radius 1 is 1.06 bits per heavy atom. The molecule has 0 aliphatic carbocycles. The number of thiocarbonyl (C=S) groups is 1. The van der Waals surface area contributed by atoms with Gasteiger partial charge in [-0.15, -0.1) is 0 Å². The highest BCUT2D eigenvalue weighted by molar-refractivity contribution is 7.80. The fraction of sp³-hybridized carbons (Fsp3) is 0.385. The zero-order valence-corrected chi connectivity index (χ0v) is 20.0. The standard InChI is InChI=1S/C26H32N4S/c1-6-7-15-29-25(24(28-26(29)31)22-12-8-9-14-27-22)21-16-18(3)30(20(21)5)23-13-10-11-17(2)19(23)4/h8-14,16,24-25H,6-7,15H2,1-5H3,(H,28,31)/t24-,25+/m0/s1. The molecule has 1 aliphatic heterocycles. The minimum Gasteiger partial charge on any atom is -0.352 e. The maximum atomic E-state index is 5.80. The molecule has 1 aromatic carbocycles. The first-order valence-electron chi connectivity index (χ1n) is 11.2. The lowest BCUT2D eigenvalue weighted by Crippen LogP contribution is -2.30. The molecule has 162 valence electrons. The molecule has 0 saturated carbocycles. The number of aromatic nitrogens is 2. The molecule has 1 fully saturated rings. The molecule has 0 amide bonds. The maximum absolute atomic E-state index is 5.80. The Labute approximate surface area is 191 Å². The largest absolute Gasteiger partial charge is 0.352 e. The van der Waals surface area contributed by atoms with Gasteiger partial charge in [0.25, 0.3) is 0 Å². The van der Waals surface area contributed by atoms with Crippen LogP contribution in [0.15, 0.2) is 48.7 Å². The van der Waals surface area contributed by atoms with Crippen LogP contribution in [-0.2, 0) is 0 Å². The number of rotatable bonds is 6. The van der Waals surface area contributed by atoms with Crippen LogP contribution >= 0.6 is 12.2 Å². The van der Waals surface area contributed by atoms with Gasteiger partial charge in [0.2, 0.25) is 0 Å². The van der Waals surface area contributed by atoms with E-state index in [1.165, 1.54) is 33.8 Å². The van der Waals surface area contributed by atoms with Crippen LogP contribution in [0, 0.1) is 27.7 Å². The predicted molar refractivity (Wildman–Crippen MR) is 132 cm³/mol. The van der Waals surface area contributed by atoms with Gasteiger partial charge in [0.1, 0.15) is 0 Å². The van der Waals surface area contributed by atoms with Crippen LogP contribution in [-0.4, -0.2) is 26.1 Å². The second-order valence-electron chi connectivity index (χ2n) is 8.55. The third-order valence-corrected chi connectivity index (χ3v) is 6.91. The smallest absolute Gasteiger partial charge is 0.170 e. The first kappa shape index (κ1) is 21.6. The van der Waals surface area contributed by atoms with Crippen molar-refractivity contribution in [1.29, 1.82) is 0 Å². The summed E-state index contributed by atoms with van der Waals surface area (Å²) in [4.78, 5) is 7.04. The van der Waals surface area contributed by atoms with Gasteiger partial charge < -0.3 is 14.8 Å². The molecule has 2 atom stereocenters. The summed E-state index contributed by atoms with van der Waals surface area (Å²) >= 11 is 5.80. The van der Waals surface area contributed by atoms with E-state index in [2.05, 4.69) is 90.8 Å². The van der Waals surface area contributed by atoms with Gasteiger partial charge in [-0.3, -0.25) is 4.98 Å². The summed E-state index contributed by atoms with van der Waals surface area (Å²) < 4.78 is 2.40. The van der Waals surface area contributed by atoms with Gasteiger partial charge in [-0.1, -0.05) is 31.5 Å². The number of hydrogen-bond donors (Lipinski definition) is 1. The second-order valence-corrected chi connectivity index (χ2v) is 8.94. The molecular weight excluding hydrogens is 400 g/mol. The lowest BCUT2D eigenvalue weighted by Gasteiger charge is -2.28. The number of nitrogens with one attached hydrogen (secondary N) is 1. The van der Waals surface area contributed by atoms with E-state index in [0.717, 1.165) is 30.2 Å². The highest BCUT2D eigenvalue weighted by Gasteiger charge is 2.41. The van der Waals surface area contributed by atoms with Crippen molar-refractivity contribution >= 4 is 17.3 Å². The topological polar surface area (TPSA) is 33.1 Å². The Morgan fingerprint density at radius 2 is 1.87 bits per heavy atom. The van der Waals surface area contributed by atoms with Gasteiger partial charge in [0, 0.05) is 29.8 Å². The second kappa shape index (κ2) is 8.83. The van der Waals surface area contributed by atoms with Crippen LogP contribution in [0.25, 0.3) is 5.69 Å². The molecule has 0 spiro atoms. The van der Waals surface area contributed by atoms with Crippen molar-refractivity contribution in [3.8, 4) is 5.69 Å². The third-order valence-electron chi connectivity index (χ3n) is 6.56. The summed E-state index contributed by atoms with van der Waals surface area (Å²) in [7, 11) is 0. The van der Waals surface area contributed by atoms with E-state index in [1.54, 1.807) is 0 Å². The predicted octanol–water partition coefficient (Wildman–Crippen LogP) is 5.88. The molecular formula is C26H32N4S. The van der Waals surface area contributed by atoms with Crippen LogP contribution < -0.4 is 5.32 Å². The van der Waals surface area contributed by atoms with Crippen molar-refractivity contribution in [2.24, 2.45) is 0 Å². The number of aryl methyl sites for hydroxylation is 2. The molecule has 4 nitrogen and oxygen atoms in total. The van der Waals surface area contributed by atoms with Gasteiger partial charge >= 0.3 is 0 Å². The SMILES string of the molecule is CCCCN1C(=S)N[C@@H](c2ccccn2)[C@H]1c1cc(C)n(-c2cccc(C)c2C)c1C. The monoisotopic (exact) mass is 432 g/mol. The number of pyridine rings is 1. The van der Waals surface area contributed by atoms with E-state index in [0.29, 0.717) is 0 Å². The normalized spacial score (nSPS) is 18.5. The van der Waals surface area contributed by atoms with Crippen molar-refractivity contribution < 1.29 is 0 Å².